The van der Waals surface area contributed by atoms with Crippen molar-refractivity contribution in [1.29, 1.82) is 0 Å². The summed E-state index contributed by atoms with van der Waals surface area (Å²) < 4.78 is 36.7. The molecule has 2 N–H and O–H groups in total. The molecule has 19 heavy (non-hydrogen) atoms. The molecule has 0 saturated heterocycles. The van der Waals surface area contributed by atoms with Crippen LogP contribution in [0.5, 0.6) is 0 Å². The van der Waals surface area contributed by atoms with Crippen molar-refractivity contribution in [2.24, 2.45) is 0 Å². The van der Waals surface area contributed by atoms with Crippen LogP contribution in [-0.4, -0.2) is 17.6 Å². The number of nitrogens with zero attached hydrogens (tertiary/aromatic N) is 1. The number of aromatic nitrogens is 1. The van der Waals surface area contributed by atoms with Gasteiger partial charge in [0.05, 0.1) is 6.61 Å². The van der Waals surface area contributed by atoms with Crippen LogP contribution in [0.3, 0.4) is 0 Å². The number of nitrogens with two attached hydrogens (primary N) is 1. The Morgan fingerprint density at radius 3 is 2.63 bits per heavy atom. The first-order chi connectivity index (χ1) is 9.04. The van der Waals surface area contributed by atoms with Gasteiger partial charge in [-0.2, -0.15) is 4.98 Å². The fourth-order valence-corrected chi connectivity index (χ4v) is 1.49. The molecule has 0 radical (unpaired) electrons. The number of ether oxygens (including phenoxy) is 1. The van der Waals surface area contributed by atoms with Crippen LogP contribution >= 0.6 is 0 Å². The third-order valence-electron chi connectivity index (χ3n) is 2.30. The van der Waals surface area contributed by atoms with Crippen LogP contribution in [0.4, 0.5) is 14.7 Å². The number of hydrogen-bond donors (Lipinski definition) is 1. The Labute approximate surface area is 107 Å². The molecule has 0 bridgehead atoms. The van der Waals surface area contributed by atoms with Gasteiger partial charge in [0, 0.05) is 0 Å². The van der Waals surface area contributed by atoms with Crippen LogP contribution in [0.25, 0.3) is 11.5 Å². The zero-order valence-corrected chi connectivity index (χ0v) is 9.94. The predicted octanol–water partition coefficient (Wildman–Crippen LogP) is 2.38. The van der Waals surface area contributed by atoms with Crippen LogP contribution < -0.4 is 5.73 Å². The Kier molecular flexibility index (Phi) is 3.46. The Balaban J connectivity index is 2.48. The molecule has 0 aliphatic rings. The van der Waals surface area contributed by atoms with Crippen LogP contribution in [0.2, 0.25) is 0 Å². The average molecular weight is 268 g/mol. The standard InChI is InChI=1S/C12H10F2N2O3/c1-2-18-12(17)9-10(15)19-11(16-9)8-6(13)4-3-5-7(8)14/h3-5H,2,15H2,1H3. The Bertz CT molecular complexity index is 605. The van der Waals surface area contributed by atoms with Crippen LogP contribution in [0.1, 0.15) is 17.4 Å². The lowest BCUT2D eigenvalue weighted by molar-refractivity contribution is 0.0521. The SMILES string of the molecule is CCOC(=O)c1nc(-c2c(F)cccc2F)oc1N. The van der Waals surface area contributed by atoms with Gasteiger partial charge in [-0.1, -0.05) is 6.07 Å². The minimum absolute atomic E-state index is 0.120. The van der Waals surface area contributed by atoms with Crippen molar-refractivity contribution >= 4 is 11.9 Å². The van der Waals surface area contributed by atoms with E-state index >= 15 is 0 Å². The van der Waals surface area contributed by atoms with E-state index in [1.165, 1.54) is 6.07 Å². The maximum atomic E-state index is 13.5. The van der Waals surface area contributed by atoms with Crippen molar-refractivity contribution in [2.75, 3.05) is 12.3 Å². The fraction of sp³-hybridized carbons (Fsp3) is 0.167. The van der Waals surface area contributed by atoms with E-state index in [2.05, 4.69) is 9.72 Å². The highest BCUT2D eigenvalue weighted by molar-refractivity contribution is 5.92. The zero-order valence-electron chi connectivity index (χ0n) is 9.94. The van der Waals surface area contributed by atoms with Gasteiger partial charge < -0.3 is 14.9 Å². The second-order valence-electron chi connectivity index (χ2n) is 3.55. The van der Waals surface area contributed by atoms with Crippen LogP contribution in [-0.2, 0) is 4.74 Å². The lowest BCUT2D eigenvalue weighted by Crippen LogP contribution is -2.07. The lowest BCUT2D eigenvalue weighted by Gasteiger charge is -1.98. The number of oxazole rings is 1. The highest BCUT2D eigenvalue weighted by Crippen LogP contribution is 2.28. The maximum absolute atomic E-state index is 13.5. The molecule has 1 aromatic carbocycles. The summed E-state index contributed by atoms with van der Waals surface area (Å²) in [5, 5.41) is 0. The molecule has 0 saturated carbocycles. The Morgan fingerprint density at radius 1 is 1.42 bits per heavy atom. The normalized spacial score (nSPS) is 10.5. The molecule has 0 unspecified atom stereocenters. The van der Waals surface area contributed by atoms with Crippen molar-refractivity contribution in [3.8, 4) is 11.5 Å². The zero-order chi connectivity index (χ0) is 14.0. The lowest BCUT2D eigenvalue weighted by atomic mass is 10.2. The maximum Gasteiger partial charge on any atom is 0.362 e. The minimum atomic E-state index is -0.864. The molecule has 2 rings (SSSR count). The fourth-order valence-electron chi connectivity index (χ4n) is 1.49. The summed E-state index contributed by atoms with van der Waals surface area (Å²) in [6.45, 7) is 1.72. The monoisotopic (exact) mass is 268 g/mol. The minimum Gasteiger partial charge on any atom is -0.461 e. The number of anilines is 1. The number of carbonyl (C=O) groups is 1. The molecule has 0 atom stereocenters. The molecule has 5 nitrogen and oxygen atoms in total. The van der Waals surface area contributed by atoms with Gasteiger partial charge in [0.25, 0.3) is 0 Å². The topological polar surface area (TPSA) is 78.3 Å². The number of rotatable bonds is 3. The number of benzene rings is 1. The van der Waals surface area contributed by atoms with E-state index in [-0.39, 0.29) is 18.2 Å². The van der Waals surface area contributed by atoms with Crippen molar-refractivity contribution in [3.05, 3.63) is 35.5 Å². The van der Waals surface area contributed by atoms with Gasteiger partial charge in [0.15, 0.2) is 0 Å². The molecular weight excluding hydrogens is 258 g/mol. The number of nitrogen functional groups attached to an aromatic ring is 1. The molecule has 2 aromatic rings. The first-order valence-electron chi connectivity index (χ1n) is 5.42. The molecule has 0 aliphatic heterocycles. The average Bonchev–Trinajstić information content (AvgIpc) is 2.71. The van der Waals surface area contributed by atoms with E-state index in [1.807, 2.05) is 0 Å². The van der Waals surface area contributed by atoms with Gasteiger partial charge in [-0.05, 0) is 19.1 Å². The van der Waals surface area contributed by atoms with Crippen molar-refractivity contribution < 1.29 is 22.7 Å². The number of esters is 1. The molecule has 0 fully saturated rings. The molecule has 100 valence electrons. The molecule has 0 amide bonds. The van der Waals surface area contributed by atoms with E-state index in [4.69, 9.17) is 10.2 Å². The number of halogens is 2. The van der Waals surface area contributed by atoms with Gasteiger partial charge in [-0.3, -0.25) is 0 Å². The smallest absolute Gasteiger partial charge is 0.362 e. The summed E-state index contributed by atoms with van der Waals surface area (Å²) in [7, 11) is 0. The molecular formula is C12H10F2N2O3. The quantitative estimate of drug-likeness (QED) is 0.864. The summed E-state index contributed by atoms with van der Waals surface area (Å²) in [6, 6.07) is 3.29. The molecule has 7 heteroatoms. The molecule has 0 aliphatic carbocycles. The molecule has 1 aromatic heterocycles. The van der Waals surface area contributed by atoms with Gasteiger partial charge >= 0.3 is 5.97 Å². The summed E-state index contributed by atoms with van der Waals surface area (Å²) in [5.74, 6) is -3.30. The van der Waals surface area contributed by atoms with E-state index in [0.29, 0.717) is 0 Å². The summed E-state index contributed by atoms with van der Waals surface area (Å²) >= 11 is 0. The molecule has 1 heterocycles. The number of hydrogen-bond acceptors (Lipinski definition) is 5. The van der Waals surface area contributed by atoms with Gasteiger partial charge in [-0.25, -0.2) is 13.6 Å². The van der Waals surface area contributed by atoms with E-state index in [0.717, 1.165) is 12.1 Å². The first-order valence-corrected chi connectivity index (χ1v) is 5.42. The summed E-state index contributed by atoms with van der Waals surface area (Å²) in [6.07, 6.45) is 0. The second kappa shape index (κ2) is 5.05. The largest absolute Gasteiger partial charge is 0.461 e. The third-order valence-corrected chi connectivity index (χ3v) is 2.30. The van der Waals surface area contributed by atoms with Gasteiger partial charge in [0.2, 0.25) is 17.5 Å². The van der Waals surface area contributed by atoms with Gasteiger partial charge in [0.1, 0.15) is 17.2 Å². The van der Waals surface area contributed by atoms with E-state index in [1.54, 1.807) is 6.92 Å². The van der Waals surface area contributed by atoms with Crippen molar-refractivity contribution in [2.45, 2.75) is 6.92 Å². The summed E-state index contributed by atoms with van der Waals surface area (Å²) in [5.41, 5.74) is 4.65. The van der Waals surface area contributed by atoms with Gasteiger partial charge in [-0.15, -0.1) is 0 Å². The predicted molar refractivity (Wildman–Crippen MR) is 62.2 cm³/mol. The van der Waals surface area contributed by atoms with Crippen molar-refractivity contribution in [3.63, 3.8) is 0 Å². The highest BCUT2D eigenvalue weighted by atomic mass is 19.1. The van der Waals surface area contributed by atoms with E-state index < -0.39 is 29.1 Å². The first kappa shape index (κ1) is 13.0. The molecule has 0 spiro atoms. The second-order valence-corrected chi connectivity index (χ2v) is 3.55. The number of carbonyl (C=O) groups excluding carboxylic acids is 1. The van der Waals surface area contributed by atoms with Crippen LogP contribution in [0, 0.1) is 11.6 Å². The summed E-state index contributed by atoms with van der Waals surface area (Å²) in [4.78, 5) is 15.1. The highest BCUT2D eigenvalue weighted by Gasteiger charge is 2.23. The third kappa shape index (κ3) is 2.40. The van der Waals surface area contributed by atoms with E-state index in [9.17, 15) is 13.6 Å². The Morgan fingerprint density at radius 2 is 2.05 bits per heavy atom. The van der Waals surface area contributed by atoms with Crippen LogP contribution in [0.15, 0.2) is 22.6 Å². The Hall–Kier alpha value is -2.44. The van der Waals surface area contributed by atoms with Crippen molar-refractivity contribution in [1.82, 2.24) is 4.98 Å².